The van der Waals surface area contributed by atoms with Gasteiger partial charge in [-0.2, -0.15) is 4.98 Å². The van der Waals surface area contributed by atoms with Crippen molar-refractivity contribution < 1.29 is 9.84 Å². The fourth-order valence-corrected chi connectivity index (χ4v) is 1.10. The fourth-order valence-electron chi connectivity index (χ4n) is 1.10. The van der Waals surface area contributed by atoms with Crippen molar-refractivity contribution in [2.24, 2.45) is 5.41 Å². The molecule has 0 fully saturated rings. The van der Waals surface area contributed by atoms with Crippen LogP contribution in [0.25, 0.3) is 0 Å². The summed E-state index contributed by atoms with van der Waals surface area (Å²) in [5.74, 6) is 1.06. The van der Waals surface area contributed by atoms with Crippen molar-refractivity contribution in [3.8, 4) is 5.88 Å². The van der Waals surface area contributed by atoms with Gasteiger partial charge in [-0.05, 0) is 6.92 Å². The molecule has 0 aromatic carbocycles. The van der Waals surface area contributed by atoms with Crippen LogP contribution in [0.5, 0.6) is 5.88 Å². The Labute approximate surface area is 95.9 Å². The second-order valence-electron chi connectivity index (χ2n) is 4.55. The van der Waals surface area contributed by atoms with Gasteiger partial charge in [0.2, 0.25) is 11.8 Å². The molecular formula is C11H19N3O2. The van der Waals surface area contributed by atoms with Crippen molar-refractivity contribution in [3.63, 3.8) is 0 Å². The summed E-state index contributed by atoms with van der Waals surface area (Å²) in [7, 11) is 1.57. The number of ether oxygens (including phenoxy) is 1. The van der Waals surface area contributed by atoms with Gasteiger partial charge in [0.05, 0.1) is 7.11 Å². The molecule has 1 rings (SSSR count). The van der Waals surface area contributed by atoms with Crippen LogP contribution in [0.2, 0.25) is 0 Å². The summed E-state index contributed by atoms with van der Waals surface area (Å²) >= 11 is 0. The van der Waals surface area contributed by atoms with Gasteiger partial charge in [-0.1, -0.05) is 13.8 Å². The van der Waals surface area contributed by atoms with Crippen molar-refractivity contribution in [2.75, 3.05) is 25.6 Å². The van der Waals surface area contributed by atoms with E-state index in [1.54, 1.807) is 13.2 Å². The number of nitrogens with zero attached hydrogens (tertiary/aromatic N) is 2. The molecule has 0 saturated carbocycles. The first kappa shape index (κ1) is 12.7. The van der Waals surface area contributed by atoms with Crippen LogP contribution in [0, 0.1) is 12.3 Å². The Hall–Kier alpha value is -1.36. The third-order valence-corrected chi connectivity index (χ3v) is 2.19. The number of rotatable bonds is 5. The van der Waals surface area contributed by atoms with Crippen LogP contribution in [0.1, 0.15) is 19.5 Å². The van der Waals surface area contributed by atoms with E-state index in [0.29, 0.717) is 18.4 Å². The Morgan fingerprint density at radius 1 is 1.44 bits per heavy atom. The number of anilines is 1. The van der Waals surface area contributed by atoms with Gasteiger partial charge in [0.15, 0.2) is 0 Å². The molecule has 0 aliphatic carbocycles. The molecule has 1 heterocycles. The van der Waals surface area contributed by atoms with Gasteiger partial charge in [-0.3, -0.25) is 0 Å². The molecule has 1 aromatic heterocycles. The monoisotopic (exact) mass is 225 g/mol. The SMILES string of the molecule is COc1cc(C)nc(NCC(C)(C)CO)n1. The highest BCUT2D eigenvalue weighted by Gasteiger charge is 2.16. The number of hydrogen-bond acceptors (Lipinski definition) is 5. The van der Waals surface area contributed by atoms with E-state index in [4.69, 9.17) is 9.84 Å². The highest BCUT2D eigenvalue weighted by Crippen LogP contribution is 2.16. The van der Waals surface area contributed by atoms with Crippen LogP contribution in [-0.4, -0.2) is 35.3 Å². The van der Waals surface area contributed by atoms with Gasteiger partial charge in [-0.25, -0.2) is 4.98 Å². The highest BCUT2D eigenvalue weighted by atomic mass is 16.5. The predicted molar refractivity (Wildman–Crippen MR) is 62.7 cm³/mol. The van der Waals surface area contributed by atoms with E-state index in [2.05, 4.69) is 15.3 Å². The van der Waals surface area contributed by atoms with Crippen molar-refractivity contribution >= 4 is 5.95 Å². The molecule has 2 N–H and O–H groups in total. The summed E-state index contributed by atoms with van der Waals surface area (Å²) in [5.41, 5.74) is 0.650. The summed E-state index contributed by atoms with van der Waals surface area (Å²) in [6.45, 7) is 6.53. The number of aryl methyl sites for hydroxylation is 1. The Balaban J connectivity index is 2.70. The number of nitrogens with one attached hydrogen (secondary N) is 1. The molecule has 5 heteroatoms. The van der Waals surface area contributed by atoms with Crippen molar-refractivity contribution in [2.45, 2.75) is 20.8 Å². The first-order valence-electron chi connectivity index (χ1n) is 5.21. The van der Waals surface area contributed by atoms with Crippen molar-refractivity contribution in [1.29, 1.82) is 0 Å². The molecule has 0 saturated heterocycles. The third kappa shape index (κ3) is 3.66. The minimum Gasteiger partial charge on any atom is -0.481 e. The molecule has 0 unspecified atom stereocenters. The first-order valence-corrected chi connectivity index (χ1v) is 5.21. The first-order chi connectivity index (χ1) is 7.46. The van der Waals surface area contributed by atoms with E-state index in [0.717, 1.165) is 5.69 Å². The smallest absolute Gasteiger partial charge is 0.226 e. The lowest BCUT2D eigenvalue weighted by atomic mass is 9.95. The normalized spacial score (nSPS) is 11.3. The van der Waals surface area contributed by atoms with Gasteiger partial charge in [0, 0.05) is 30.3 Å². The van der Waals surface area contributed by atoms with Crippen LogP contribution in [0.4, 0.5) is 5.95 Å². The number of hydrogen-bond donors (Lipinski definition) is 2. The standard InChI is InChI=1S/C11H19N3O2/c1-8-5-9(16-4)14-10(13-8)12-6-11(2,3)7-15/h5,15H,6-7H2,1-4H3,(H,12,13,14). The Morgan fingerprint density at radius 3 is 2.69 bits per heavy atom. The quantitative estimate of drug-likeness (QED) is 0.788. The molecule has 1 aromatic rings. The zero-order chi connectivity index (χ0) is 12.2. The zero-order valence-corrected chi connectivity index (χ0v) is 10.2. The second-order valence-corrected chi connectivity index (χ2v) is 4.55. The topological polar surface area (TPSA) is 67.3 Å². The van der Waals surface area contributed by atoms with E-state index < -0.39 is 0 Å². The van der Waals surface area contributed by atoms with Crippen LogP contribution >= 0.6 is 0 Å². The van der Waals surface area contributed by atoms with E-state index in [-0.39, 0.29) is 12.0 Å². The lowest BCUT2D eigenvalue weighted by molar-refractivity contribution is 0.170. The molecule has 0 amide bonds. The average Bonchev–Trinajstić information content (AvgIpc) is 2.26. The molecule has 0 aliphatic heterocycles. The number of aromatic nitrogens is 2. The largest absolute Gasteiger partial charge is 0.481 e. The van der Waals surface area contributed by atoms with Gasteiger partial charge in [0.1, 0.15) is 0 Å². The molecule has 0 aliphatic rings. The van der Waals surface area contributed by atoms with Gasteiger partial charge in [-0.15, -0.1) is 0 Å². The maximum absolute atomic E-state index is 9.12. The maximum Gasteiger partial charge on any atom is 0.226 e. The van der Waals surface area contributed by atoms with Crippen LogP contribution in [0.15, 0.2) is 6.07 Å². The predicted octanol–water partition coefficient (Wildman–Crippen LogP) is 1.22. The Bertz CT molecular complexity index is 353. The summed E-state index contributed by atoms with van der Waals surface area (Å²) in [6.07, 6.45) is 0. The van der Waals surface area contributed by atoms with Crippen LogP contribution < -0.4 is 10.1 Å². The van der Waals surface area contributed by atoms with Gasteiger partial charge >= 0.3 is 0 Å². The summed E-state index contributed by atoms with van der Waals surface area (Å²) in [5, 5.41) is 12.2. The summed E-state index contributed by atoms with van der Waals surface area (Å²) in [4.78, 5) is 8.40. The Morgan fingerprint density at radius 2 is 2.12 bits per heavy atom. The lowest BCUT2D eigenvalue weighted by Crippen LogP contribution is -2.27. The number of methoxy groups -OCH3 is 1. The van der Waals surface area contributed by atoms with E-state index in [1.165, 1.54) is 0 Å². The van der Waals surface area contributed by atoms with Gasteiger partial charge < -0.3 is 15.2 Å². The molecule has 0 bridgehead atoms. The molecule has 0 radical (unpaired) electrons. The average molecular weight is 225 g/mol. The van der Waals surface area contributed by atoms with Crippen LogP contribution in [0.3, 0.4) is 0 Å². The molecule has 0 atom stereocenters. The molecular weight excluding hydrogens is 206 g/mol. The molecule has 90 valence electrons. The number of aliphatic hydroxyl groups excluding tert-OH is 1. The van der Waals surface area contributed by atoms with Crippen molar-refractivity contribution in [3.05, 3.63) is 11.8 Å². The minimum atomic E-state index is -0.194. The third-order valence-electron chi connectivity index (χ3n) is 2.19. The van der Waals surface area contributed by atoms with Crippen molar-refractivity contribution in [1.82, 2.24) is 9.97 Å². The summed E-state index contributed by atoms with van der Waals surface area (Å²) < 4.78 is 5.05. The van der Waals surface area contributed by atoms with Gasteiger partial charge in [0.25, 0.3) is 0 Å². The lowest BCUT2D eigenvalue weighted by Gasteiger charge is -2.21. The highest BCUT2D eigenvalue weighted by molar-refractivity contribution is 5.30. The Kier molecular flexibility index (Phi) is 4.06. The van der Waals surface area contributed by atoms with Crippen LogP contribution in [-0.2, 0) is 0 Å². The molecule has 5 nitrogen and oxygen atoms in total. The maximum atomic E-state index is 9.12. The zero-order valence-electron chi connectivity index (χ0n) is 10.2. The van der Waals surface area contributed by atoms with E-state index in [9.17, 15) is 0 Å². The molecule has 16 heavy (non-hydrogen) atoms. The fraction of sp³-hybridized carbons (Fsp3) is 0.636. The minimum absolute atomic E-state index is 0.114. The van der Waals surface area contributed by atoms with E-state index >= 15 is 0 Å². The molecule has 0 spiro atoms. The summed E-state index contributed by atoms with van der Waals surface area (Å²) in [6, 6.07) is 1.77. The van der Waals surface area contributed by atoms with E-state index in [1.807, 2.05) is 20.8 Å². The number of aliphatic hydroxyl groups is 1. The second kappa shape index (κ2) is 5.12.